The first kappa shape index (κ1) is 16.9. The predicted molar refractivity (Wildman–Crippen MR) is 77.8 cm³/mol. The van der Waals surface area contributed by atoms with Crippen LogP contribution in [-0.4, -0.2) is 11.1 Å². The second kappa shape index (κ2) is 14.0. The minimum absolute atomic E-state index is 0.329. The summed E-state index contributed by atoms with van der Waals surface area (Å²) in [5, 5.41) is 8.48. The zero-order valence-corrected chi connectivity index (χ0v) is 11.7. The third kappa shape index (κ3) is 14.9. The van der Waals surface area contributed by atoms with Crippen LogP contribution in [0.15, 0.2) is 24.3 Å². The van der Waals surface area contributed by atoms with E-state index in [4.69, 9.17) is 5.11 Å². The number of aliphatic carboxylic acids is 1. The molecule has 0 saturated carbocycles. The molecule has 0 saturated heterocycles. The highest BCUT2D eigenvalue weighted by atomic mass is 16.4. The van der Waals surface area contributed by atoms with E-state index in [0.717, 1.165) is 19.3 Å². The van der Waals surface area contributed by atoms with Crippen molar-refractivity contribution in [1.29, 1.82) is 0 Å². The third-order valence-electron chi connectivity index (χ3n) is 2.88. The van der Waals surface area contributed by atoms with Crippen molar-refractivity contribution in [3.8, 4) is 0 Å². The molecule has 0 aliphatic carbocycles. The number of allylic oxidation sites excluding steroid dienone is 4. The van der Waals surface area contributed by atoms with Gasteiger partial charge in [-0.05, 0) is 25.7 Å². The van der Waals surface area contributed by atoms with Crippen LogP contribution in [0, 0.1) is 0 Å². The Morgan fingerprint density at radius 1 is 0.889 bits per heavy atom. The molecular formula is C16H28O2. The summed E-state index contributed by atoms with van der Waals surface area (Å²) in [5.41, 5.74) is 0. The normalized spacial score (nSPS) is 11.6. The van der Waals surface area contributed by atoms with Gasteiger partial charge in [-0.3, -0.25) is 4.79 Å². The summed E-state index contributed by atoms with van der Waals surface area (Å²) in [4.78, 5) is 10.3. The maximum absolute atomic E-state index is 10.3. The number of hydrogen-bond donors (Lipinski definition) is 1. The van der Waals surface area contributed by atoms with E-state index in [1.54, 1.807) is 0 Å². The molecule has 0 aliphatic heterocycles. The van der Waals surface area contributed by atoms with Crippen molar-refractivity contribution in [3.63, 3.8) is 0 Å². The van der Waals surface area contributed by atoms with Crippen molar-refractivity contribution in [1.82, 2.24) is 0 Å². The Bertz CT molecular complexity index is 241. The first-order valence-electron chi connectivity index (χ1n) is 7.30. The van der Waals surface area contributed by atoms with E-state index in [9.17, 15) is 4.79 Å². The molecule has 2 nitrogen and oxygen atoms in total. The first-order valence-corrected chi connectivity index (χ1v) is 7.30. The van der Waals surface area contributed by atoms with E-state index in [0.29, 0.717) is 6.42 Å². The zero-order valence-electron chi connectivity index (χ0n) is 11.7. The third-order valence-corrected chi connectivity index (χ3v) is 2.88. The predicted octanol–water partition coefficient (Wildman–Crippen LogP) is 5.10. The van der Waals surface area contributed by atoms with Crippen molar-refractivity contribution < 1.29 is 9.90 Å². The molecule has 0 aliphatic rings. The highest BCUT2D eigenvalue weighted by Gasteiger charge is 1.96. The monoisotopic (exact) mass is 252 g/mol. The Morgan fingerprint density at radius 3 is 2.06 bits per heavy atom. The fourth-order valence-electron chi connectivity index (χ4n) is 1.81. The molecule has 0 heterocycles. The molecule has 0 aromatic heterocycles. The molecule has 0 spiro atoms. The maximum Gasteiger partial charge on any atom is 0.303 e. The molecule has 104 valence electrons. The summed E-state index contributed by atoms with van der Waals surface area (Å²) in [5.74, 6) is -0.668. The summed E-state index contributed by atoms with van der Waals surface area (Å²) in [7, 11) is 0. The number of carbonyl (C=O) groups is 1. The highest BCUT2D eigenvalue weighted by molar-refractivity contribution is 5.66. The Hall–Kier alpha value is -1.05. The average molecular weight is 252 g/mol. The van der Waals surface area contributed by atoms with Gasteiger partial charge in [0.25, 0.3) is 0 Å². The van der Waals surface area contributed by atoms with Crippen LogP contribution < -0.4 is 0 Å². The minimum atomic E-state index is -0.668. The largest absolute Gasteiger partial charge is 0.481 e. The van der Waals surface area contributed by atoms with Crippen molar-refractivity contribution in [3.05, 3.63) is 24.3 Å². The van der Waals surface area contributed by atoms with Crippen LogP contribution in [-0.2, 0) is 4.79 Å². The molecule has 0 rings (SSSR count). The van der Waals surface area contributed by atoms with E-state index in [1.807, 2.05) is 0 Å². The molecule has 0 aromatic rings. The van der Waals surface area contributed by atoms with E-state index >= 15 is 0 Å². The van der Waals surface area contributed by atoms with Gasteiger partial charge in [-0.2, -0.15) is 0 Å². The van der Waals surface area contributed by atoms with Gasteiger partial charge < -0.3 is 5.11 Å². The van der Waals surface area contributed by atoms with Gasteiger partial charge >= 0.3 is 5.97 Å². The smallest absolute Gasteiger partial charge is 0.303 e. The quantitative estimate of drug-likeness (QED) is 0.387. The van der Waals surface area contributed by atoms with Gasteiger partial charge in [0.15, 0.2) is 0 Å². The number of carboxylic acid groups (broad SMARTS) is 1. The summed E-state index contributed by atoms with van der Waals surface area (Å²) in [6, 6.07) is 0. The molecule has 0 bridgehead atoms. The lowest BCUT2D eigenvalue weighted by molar-refractivity contribution is -0.137. The zero-order chi connectivity index (χ0) is 13.5. The van der Waals surface area contributed by atoms with Crippen molar-refractivity contribution >= 4 is 5.97 Å². The summed E-state index contributed by atoms with van der Waals surface area (Å²) >= 11 is 0. The number of unbranched alkanes of at least 4 members (excludes halogenated alkanes) is 7. The van der Waals surface area contributed by atoms with Gasteiger partial charge in [-0.15, -0.1) is 0 Å². The van der Waals surface area contributed by atoms with Crippen LogP contribution in [0.5, 0.6) is 0 Å². The second-order valence-electron chi connectivity index (χ2n) is 4.67. The lowest BCUT2D eigenvalue weighted by Gasteiger charge is -1.99. The molecule has 0 amide bonds. The standard InChI is InChI=1S/C16H28O2/c1-2-3-4-5-6-7-8-9-10-11-12-13-14-15-16(17)18/h3-6H,2,7-15H2,1H3,(H,17,18)/b4-3+,6-5-. The maximum atomic E-state index is 10.3. The number of carboxylic acids is 1. The minimum Gasteiger partial charge on any atom is -0.481 e. The highest BCUT2D eigenvalue weighted by Crippen LogP contribution is 2.09. The summed E-state index contributed by atoms with van der Waals surface area (Å²) in [6.07, 6.45) is 19.4. The van der Waals surface area contributed by atoms with E-state index in [-0.39, 0.29) is 0 Å². The van der Waals surface area contributed by atoms with Gasteiger partial charge in [-0.25, -0.2) is 0 Å². The van der Waals surface area contributed by atoms with Gasteiger partial charge in [0, 0.05) is 6.42 Å². The van der Waals surface area contributed by atoms with Crippen molar-refractivity contribution in [2.24, 2.45) is 0 Å². The molecule has 0 radical (unpaired) electrons. The lowest BCUT2D eigenvalue weighted by atomic mass is 10.1. The topological polar surface area (TPSA) is 37.3 Å². The van der Waals surface area contributed by atoms with Gasteiger partial charge in [0.2, 0.25) is 0 Å². The van der Waals surface area contributed by atoms with Gasteiger partial charge in [0.1, 0.15) is 0 Å². The van der Waals surface area contributed by atoms with Crippen LogP contribution in [0.4, 0.5) is 0 Å². The molecule has 2 heteroatoms. The average Bonchev–Trinajstić information content (AvgIpc) is 2.34. The fraction of sp³-hybridized carbons (Fsp3) is 0.688. The van der Waals surface area contributed by atoms with Crippen LogP contribution in [0.2, 0.25) is 0 Å². The van der Waals surface area contributed by atoms with E-state index < -0.39 is 5.97 Å². The Labute approximate surface area is 112 Å². The van der Waals surface area contributed by atoms with Crippen molar-refractivity contribution in [2.45, 2.75) is 71.1 Å². The lowest BCUT2D eigenvalue weighted by Crippen LogP contribution is -1.93. The number of rotatable bonds is 12. The molecular weight excluding hydrogens is 224 g/mol. The Balaban J connectivity index is 3.09. The molecule has 0 aromatic carbocycles. The molecule has 0 atom stereocenters. The summed E-state index contributed by atoms with van der Waals surface area (Å²) < 4.78 is 0. The van der Waals surface area contributed by atoms with Crippen LogP contribution >= 0.6 is 0 Å². The fourth-order valence-corrected chi connectivity index (χ4v) is 1.81. The Kier molecular flexibility index (Phi) is 13.2. The SMILES string of the molecule is CC/C=C/C=C\CCCCCCCCCC(=O)O. The summed E-state index contributed by atoms with van der Waals surface area (Å²) in [6.45, 7) is 2.14. The van der Waals surface area contributed by atoms with Gasteiger partial charge in [-0.1, -0.05) is 63.3 Å². The van der Waals surface area contributed by atoms with Crippen LogP contribution in [0.25, 0.3) is 0 Å². The second-order valence-corrected chi connectivity index (χ2v) is 4.67. The van der Waals surface area contributed by atoms with E-state index in [2.05, 4.69) is 31.2 Å². The van der Waals surface area contributed by atoms with E-state index in [1.165, 1.54) is 38.5 Å². The van der Waals surface area contributed by atoms with Crippen molar-refractivity contribution in [2.75, 3.05) is 0 Å². The van der Waals surface area contributed by atoms with Crippen LogP contribution in [0.1, 0.15) is 71.1 Å². The Morgan fingerprint density at radius 2 is 1.44 bits per heavy atom. The molecule has 1 N–H and O–H groups in total. The molecule has 0 fully saturated rings. The first-order chi connectivity index (χ1) is 8.77. The number of hydrogen-bond acceptors (Lipinski definition) is 1. The van der Waals surface area contributed by atoms with Crippen LogP contribution in [0.3, 0.4) is 0 Å². The molecule has 0 unspecified atom stereocenters. The molecule has 18 heavy (non-hydrogen) atoms. The van der Waals surface area contributed by atoms with Gasteiger partial charge in [0.05, 0.1) is 0 Å².